The molecule has 1 aromatic carbocycles. The van der Waals surface area contributed by atoms with E-state index < -0.39 is 6.17 Å². The van der Waals surface area contributed by atoms with Crippen molar-refractivity contribution in [2.24, 2.45) is 0 Å². The van der Waals surface area contributed by atoms with Gasteiger partial charge in [0.15, 0.2) is 0 Å². The molecule has 0 saturated carbocycles. The molecule has 36 heavy (non-hydrogen) atoms. The number of likely N-dealkylation sites (N-methyl/N-ethyl adjacent to an activating group) is 1. The molecule has 5 rings (SSSR count). The van der Waals surface area contributed by atoms with E-state index in [4.69, 9.17) is 0 Å². The molecule has 1 aromatic heterocycles. The van der Waals surface area contributed by atoms with Crippen molar-refractivity contribution < 1.29 is 14.0 Å². The molecule has 2 N–H and O–H groups in total. The predicted molar refractivity (Wildman–Crippen MR) is 142 cm³/mol. The Labute approximate surface area is 211 Å². The first-order valence-corrected chi connectivity index (χ1v) is 12.6. The van der Waals surface area contributed by atoms with Gasteiger partial charge in [-0.1, -0.05) is 30.4 Å². The van der Waals surface area contributed by atoms with Crippen molar-refractivity contribution in [3.63, 3.8) is 0 Å². The highest BCUT2D eigenvalue weighted by Gasteiger charge is 2.31. The van der Waals surface area contributed by atoms with E-state index >= 15 is 0 Å². The van der Waals surface area contributed by atoms with Crippen molar-refractivity contribution in [1.29, 1.82) is 0 Å². The zero-order valence-electron chi connectivity index (χ0n) is 21.1. The normalized spacial score (nSPS) is 21.4. The van der Waals surface area contributed by atoms with E-state index in [2.05, 4.69) is 22.2 Å². The Kier molecular flexibility index (Phi) is 6.67. The Morgan fingerprint density at radius 3 is 2.81 bits per heavy atom. The van der Waals surface area contributed by atoms with Crippen molar-refractivity contribution in [3.8, 4) is 0 Å². The van der Waals surface area contributed by atoms with Gasteiger partial charge in [-0.15, -0.1) is 0 Å². The lowest BCUT2D eigenvalue weighted by atomic mass is 9.89. The summed E-state index contributed by atoms with van der Waals surface area (Å²) in [5, 5.41) is 2.93. The maximum absolute atomic E-state index is 14.8. The number of alkyl halides is 1. The van der Waals surface area contributed by atoms with Gasteiger partial charge in [-0.2, -0.15) is 0 Å². The molecule has 1 saturated heterocycles. The number of aryl methyl sites for hydroxylation is 1. The molecule has 3 aliphatic rings. The third kappa shape index (κ3) is 4.67. The topological polar surface area (TPSA) is 68.4 Å². The number of carbonyl (C=O) groups is 2. The molecule has 1 fully saturated rings. The number of nitrogens with zero attached hydrogens (tertiary/aromatic N) is 2. The summed E-state index contributed by atoms with van der Waals surface area (Å²) in [4.78, 5) is 33.7. The number of aromatic amines is 1. The standard InChI is InChI=1S/C29H33FN4O2/c1-18-15-19(16-27(35)34(3)20-11-13-33(2)14-12-20)26(31-18)17-23-28-22(21-7-4-5-9-24(21)30)8-6-10-25(28)32-29(23)36/h4-8,10,15,17,20,24,31H,9,11-14,16H2,1-3H3,(H,32,36)/b23-17-. The summed E-state index contributed by atoms with van der Waals surface area (Å²) in [6.07, 6.45) is 8.67. The maximum atomic E-state index is 14.8. The summed E-state index contributed by atoms with van der Waals surface area (Å²) in [5.41, 5.74) is 5.66. The summed E-state index contributed by atoms with van der Waals surface area (Å²) >= 11 is 0. The highest BCUT2D eigenvalue weighted by atomic mass is 19.1. The van der Waals surface area contributed by atoms with Gasteiger partial charge in [0.2, 0.25) is 5.91 Å². The number of halogens is 1. The summed E-state index contributed by atoms with van der Waals surface area (Å²) < 4.78 is 14.8. The van der Waals surface area contributed by atoms with E-state index in [-0.39, 0.29) is 24.3 Å². The molecule has 2 aromatic rings. The van der Waals surface area contributed by atoms with Crippen LogP contribution in [0.4, 0.5) is 10.1 Å². The van der Waals surface area contributed by atoms with Crippen molar-refractivity contribution in [2.75, 3.05) is 32.5 Å². The number of benzene rings is 1. The van der Waals surface area contributed by atoms with Crippen molar-refractivity contribution >= 4 is 34.7 Å². The lowest BCUT2D eigenvalue weighted by Crippen LogP contribution is -2.45. The molecule has 0 radical (unpaired) electrons. The molecule has 0 spiro atoms. The minimum absolute atomic E-state index is 0.0691. The number of piperidine rings is 1. The van der Waals surface area contributed by atoms with E-state index in [0.29, 0.717) is 28.8 Å². The van der Waals surface area contributed by atoms with Crippen LogP contribution in [-0.2, 0) is 16.0 Å². The Bertz CT molecular complexity index is 1280. The van der Waals surface area contributed by atoms with Crippen molar-refractivity contribution in [3.05, 3.63) is 70.6 Å². The number of anilines is 1. The largest absolute Gasteiger partial charge is 0.359 e. The molecule has 7 heteroatoms. The zero-order chi connectivity index (χ0) is 25.4. The van der Waals surface area contributed by atoms with E-state index in [1.54, 1.807) is 6.08 Å². The molecule has 188 valence electrons. The minimum atomic E-state index is -1.12. The second kappa shape index (κ2) is 9.90. The first kappa shape index (κ1) is 24.3. The average molecular weight is 489 g/mol. The number of nitrogens with one attached hydrogen (secondary N) is 2. The highest BCUT2D eigenvalue weighted by Crippen LogP contribution is 2.41. The lowest BCUT2D eigenvalue weighted by molar-refractivity contribution is -0.132. The van der Waals surface area contributed by atoms with Gasteiger partial charge in [-0.05, 0) is 74.8 Å². The second-order valence-corrected chi connectivity index (χ2v) is 10.1. The summed E-state index contributed by atoms with van der Waals surface area (Å²) in [5.74, 6) is -0.160. The van der Waals surface area contributed by atoms with Crippen LogP contribution in [0.2, 0.25) is 0 Å². The number of hydrogen-bond acceptors (Lipinski definition) is 3. The van der Waals surface area contributed by atoms with E-state index in [1.807, 2.05) is 61.4 Å². The van der Waals surface area contributed by atoms with Crippen molar-refractivity contribution in [2.45, 2.75) is 44.8 Å². The number of fused-ring (bicyclic) bond motifs is 1. The molecular weight excluding hydrogens is 455 g/mol. The quantitative estimate of drug-likeness (QED) is 0.605. The Morgan fingerprint density at radius 1 is 1.28 bits per heavy atom. The van der Waals surface area contributed by atoms with Crippen LogP contribution in [0.25, 0.3) is 17.2 Å². The highest BCUT2D eigenvalue weighted by molar-refractivity contribution is 6.35. The van der Waals surface area contributed by atoms with Crippen LogP contribution in [0.5, 0.6) is 0 Å². The Balaban J connectivity index is 1.46. The molecule has 3 heterocycles. The fourth-order valence-electron chi connectivity index (χ4n) is 5.45. The molecule has 1 aliphatic carbocycles. The number of rotatable bonds is 5. The van der Waals surface area contributed by atoms with E-state index in [9.17, 15) is 14.0 Å². The number of likely N-dealkylation sites (tertiary alicyclic amines) is 1. The van der Waals surface area contributed by atoms with Gasteiger partial charge in [0, 0.05) is 42.1 Å². The zero-order valence-corrected chi connectivity index (χ0v) is 21.1. The Morgan fingerprint density at radius 2 is 2.06 bits per heavy atom. The smallest absolute Gasteiger partial charge is 0.256 e. The van der Waals surface area contributed by atoms with Gasteiger partial charge in [0.25, 0.3) is 5.91 Å². The molecule has 0 bridgehead atoms. The van der Waals surface area contributed by atoms with Crippen LogP contribution >= 0.6 is 0 Å². The Hall–Kier alpha value is -3.45. The molecule has 2 amide bonds. The van der Waals surface area contributed by atoms with Crippen molar-refractivity contribution in [1.82, 2.24) is 14.8 Å². The maximum Gasteiger partial charge on any atom is 0.256 e. The van der Waals surface area contributed by atoms with Crippen LogP contribution < -0.4 is 5.32 Å². The van der Waals surface area contributed by atoms with Crippen LogP contribution in [0.15, 0.2) is 42.5 Å². The molecular formula is C29H33FN4O2. The van der Waals surface area contributed by atoms with Gasteiger partial charge in [0.1, 0.15) is 6.17 Å². The molecule has 2 aliphatic heterocycles. The predicted octanol–water partition coefficient (Wildman–Crippen LogP) is 4.59. The van der Waals surface area contributed by atoms with Gasteiger partial charge in [-0.3, -0.25) is 9.59 Å². The first-order chi connectivity index (χ1) is 17.3. The molecule has 6 nitrogen and oxygen atoms in total. The fourth-order valence-corrected chi connectivity index (χ4v) is 5.45. The average Bonchev–Trinajstić information content (AvgIpc) is 3.37. The fraction of sp³-hybridized carbons (Fsp3) is 0.379. The van der Waals surface area contributed by atoms with E-state index in [1.165, 1.54) is 0 Å². The number of aromatic nitrogens is 1. The van der Waals surface area contributed by atoms with E-state index in [0.717, 1.165) is 48.4 Å². The van der Waals surface area contributed by atoms with Gasteiger partial charge >= 0.3 is 0 Å². The SMILES string of the molecule is Cc1cc(CC(=O)N(C)C2CCN(C)CC2)c(/C=C2\C(=O)Nc3cccc(C4=CC=CCC4F)c32)[nH]1. The van der Waals surface area contributed by atoms with Crippen LogP contribution in [0.3, 0.4) is 0 Å². The number of H-pyrrole nitrogens is 1. The summed E-state index contributed by atoms with van der Waals surface area (Å²) in [7, 11) is 4.00. The number of carbonyl (C=O) groups excluding carboxylic acids is 2. The minimum Gasteiger partial charge on any atom is -0.359 e. The number of hydrogen-bond donors (Lipinski definition) is 2. The summed E-state index contributed by atoms with van der Waals surface area (Å²) in [6, 6.07) is 7.76. The second-order valence-electron chi connectivity index (χ2n) is 10.1. The first-order valence-electron chi connectivity index (χ1n) is 12.6. The van der Waals surface area contributed by atoms with Gasteiger partial charge in [-0.25, -0.2) is 4.39 Å². The van der Waals surface area contributed by atoms with Gasteiger partial charge in [0.05, 0.1) is 12.0 Å². The number of allylic oxidation sites excluding steroid dienone is 4. The molecule has 1 atom stereocenters. The number of amides is 2. The van der Waals surface area contributed by atoms with Gasteiger partial charge < -0.3 is 20.1 Å². The third-order valence-corrected chi connectivity index (χ3v) is 7.56. The van der Waals surface area contributed by atoms with Crippen LogP contribution in [-0.4, -0.2) is 66.0 Å². The third-order valence-electron chi connectivity index (χ3n) is 7.56. The monoisotopic (exact) mass is 488 g/mol. The molecule has 1 unspecified atom stereocenters. The van der Waals surface area contributed by atoms with Crippen LogP contribution in [0, 0.1) is 6.92 Å². The lowest BCUT2D eigenvalue weighted by Gasteiger charge is -2.35. The van der Waals surface area contributed by atoms with Crippen LogP contribution in [0.1, 0.15) is 47.3 Å². The summed E-state index contributed by atoms with van der Waals surface area (Å²) in [6.45, 7) is 3.93.